The van der Waals surface area contributed by atoms with Crippen LogP contribution in [0.5, 0.6) is 0 Å². The third kappa shape index (κ3) is 2.83. The fraction of sp³-hybridized carbons (Fsp3) is 0.312. The van der Waals surface area contributed by atoms with Crippen LogP contribution in [-0.4, -0.2) is 36.1 Å². The quantitative estimate of drug-likeness (QED) is 0.872. The summed E-state index contributed by atoms with van der Waals surface area (Å²) in [6.07, 6.45) is 4.52. The van der Waals surface area contributed by atoms with E-state index in [2.05, 4.69) is 25.8 Å². The Balaban J connectivity index is 1.74. The lowest BCUT2D eigenvalue weighted by molar-refractivity contribution is 0.674. The average Bonchev–Trinajstić information content (AvgIpc) is 3.04. The molecule has 1 fully saturated rings. The molecule has 1 atom stereocenters. The Morgan fingerprint density at radius 1 is 1.36 bits per heavy atom. The van der Waals surface area contributed by atoms with E-state index in [0.717, 1.165) is 31.1 Å². The van der Waals surface area contributed by atoms with E-state index in [4.69, 9.17) is 16.9 Å². The molecule has 2 heterocycles. The van der Waals surface area contributed by atoms with Crippen molar-refractivity contribution in [1.82, 2.24) is 9.97 Å². The molecule has 1 aliphatic heterocycles. The smallest absolute Gasteiger partial charge is 0.225 e. The highest BCUT2D eigenvalue weighted by Gasteiger charge is 2.28. The zero-order valence-electron chi connectivity index (χ0n) is 12.3. The van der Waals surface area contributed by atoms with Gasteiger partial charge in [-0.15, -0.1) is 0 Å². The molecule has 0 bridgehead atoms. The summed E-state index contributed by atoms with van der Waals surface area (Å²) >= 11 is 6.30. The fourth-order valence-electron chi connectivity index (χ4n) is 2.75. The van der Waals surface area contributed by atoms with E-state index >= 15 is 0 Å². The van der Waals surface area contributed by atoms with Crippen molar-refractivity contribution in [3.05, 3.63) is 47.2 Å². The Kier molecular flexibility index (Phi) is 4.12. The first kappa shape index (κ1) is 14.6. The first-order chi connectivity index (χ1) is 10.7. The number of anilines is 2. The standard InChI is InChI=1S/C16H16ClN5/c1-21(16-19-6-2-7-20-16)13-5-8-22(11-13)15-4-3-12(10-18)9-14(15)17/h2-4,6-7,9,13H,5,8,11H2,1H3. The minimum absolute atomic E-state index is 0.342. The molecule has 0 amide bonds. The molecule has 1 aromatic heterocycles. The van der Waals surface area contributed by atoms with Gasteiger partial charge >= 0.3 is 0 Å². The lowest BCUT2D eigenvalue weighted by Gasteiger charge is -2.25. The Morgan fingerprint density at radius 2 is 2.14 bits per heavy atom. The molecule has 0 N–H and O–H groups in total. The van der Waals surface area contributed by atoms with Crippen molar-refractivity contribution >= 4 is 23.2 Å². The maximum atomic E-state index is 8.92. The Hall–Kier alpha value is -2.32. The minimum Gasteiger partial charge on any atom is -0.368 e. The van der Waals surface area contributed by atoms with Gasteiger partial charge in [0, 0.05) is 32.5 Å². The molecule has 1 aliphatic rings. The van der Waals surface area contributed by atoms with Gasteiger partial charge in [0.15, 0.2) is 0 Å². The molecule has 1 saturated heterocycles. The van der Waals surface area contributed by atoms with E-state index in [-0.39, 0.29) is 0 Å². The highest BCUT2D eigenvalue weighted by Crippen LogP contribution is 2.30. The molecule has 2 aromatic rings. The van der Waals surface area contributed by atoms with Crippen LogP contribution in [0.4, 0.5) is 11.6 Å². The summed E-state index contributed by atoms with van der Waals surface area (Å²) in [6, 6.07) is 9.70. The number of aromatic nitrogens is 2. The number of benzene rings is 1. The number of rotatable bonds is 3. The van der Waals surface area contributed by atoms with Crippen LogP contribution in [0.2, 0.25) is 5.02 Å². The summed E-state index contributed by atoms with van der Waals surface area (Å²) in [4.78, 5) is 12.9. The molecule has 5 nitrogen and oxygen atoms in total. The van der Waals surface area contributed by atoms with Gasteiger partial charge in [0.2, 0.25) is 5.95 Å². The van der Waals surface area contributed by atoms with Crippen molar-refractivity contribution < 1.29 is 0 Å². The van der Waals surface area contributed by atoms with Crippen LogP contribution >= 0.6 is 11.6 Å². The van der Waals surface area contributed by atoms with E-state index in [1.807, 2.05) is 19.2 Å². The van der Waals surface area contributed by atoms with Crippen LogP contribution < -0.4 is 9.80 Å². The molecular weight excluding hydrogens is 298 g/mol. The van der Waals surface area contributed by atoms with Crippen LogP contribution in [0.25, 0.3) is 0 Å². The highest BCUT2D eigenvalue weighted by molar-refractivity contribution is 6.33. The first-order valence-corrected chi connectivity index (χ1v) is 7.51. The maximum absolute atomic E-state index is 8.92. The molecular formula is C16H16ClN5. The van der Waals surface area contributed by atoms with Crippen molar-refractivity contribution in [2.24, 2.45) is 0 Å². The monoisotopic (exact) mass is 313 g/mol. The van der Waals surface area contributed by atoms with Crippen molar-refractivity contribution in [3.63, 3.8) is 0 Å². The fourth-order valence-corrected chi connectivity index (χ4v) is 3.05. The molecule has 6 heteroatoms. The average molecular weight is 314 g/mol. The summed E-state index contributed by atoms with van der Waals surface area (Å²) in [5, 5.41) is 9.54. The van der Waals surface area contributed by atoms with Crippen molar-refractivity contribution in [1.29, 1.82) is 5.26 Å². The van der Waals surface area contributed by atoms with Gasteiger partial charge in [0.05, 0.1) is 28.4 Å². The summed E-state index contributed by atoms with van der Waals surface area (Å²) in [6.45, 7) is 1.79. The molecule has 0 radical (unpaired) electrons. The van der Waals surface area contributed by atoms with E-state index < -0.39 is 0 Å². The van der Waals surface area contributed by atoms with E-state index in [1.54, 1.807) is 24.5 Å². The van der Waals surface area contributed by atoms with Gasteiger partial charge in [-0.2, -0.15) is 5.26 Å². The summed E-state index contributed by atoms with van der Waals surface area (Å²) < 4.78 is 0. The molecule has 1 unspecified atom stereocenters. The summed E-state index contributed by atoms with van der Waals surface area (Å²) in [5.74, 6) is 0.736. The van der Waals surface area contributed by atoms with E-state index in [1.165, 1.54) is 0 Å². The van der Waals surface area contributed by atoms with E-state index in [0.29, 0.717) is 16.6 Å². The lowest BCUT2D eigenvalue weighted by Crippen LogP contribution is -2.35. The van der Waals surface area contributed by atoms with Gasteiger partial charge < -0.3 is 9.80 Å². The van der Waals surface area contributed by atoms with Gasteiger partial charge in [-0.3, -0.25) is 0 Å². The van der Waals surface area contributed by atoms with Gasteiger partial charge in [-0.05, 0) is 30.7 Å². The molecule has 22 heavy (non-hydrogen) atoms. The minimum atomic E-state index is 0.342. The third-order valence-electron chi connectivity index (χ3n) is 4.00. The maximum Gasteiger partial charge on any atom is 0.225 e. The third-order valence-corrected chi connectivity index (χ3v) is 4.30. The van der Waals surface area contributed by atoms with Crippen LogP contribution in [-0.2, 0) is 0 Å². The molecule has 0 spiro atoms. The first-order valence-electron chi connectivity index (χ1n) is 7.13. The SMILES string of the molecule is CN(c1ncccn1)C1CCN(c2ccc(C#N)cc2Cl)C1. The second kappa shape index (κ2) is 6.20. The van der Waals surface area contributed by atoms with Gasteiger partial charge in [-0.1, -0.05) is 11.6 Å². The zero-order chi connectivity index (χ0) is 15.5. The van der Waals surface area contributed by atoms with Gasteiger partial charge in [0.25, 0.3) is 0 Å². The largest absolute Gasteiger partial charge is 0.368 e. The van der Waals surface area contributed by atoms with Crippen molar-refractivity contribution in [2.45, 2.75) is 12.5 Å². The van der Waals surface area contributed by atoms with Gasteiger partial charge in [0.1, 0.15) is 0 Å². The second-order valence-electron chi connectivity index (χ2n) is 5.33. The highest BCUT2D eigenvalue weighted by atomic mass is 35.5. The topological polar surface area (TPSA) is 56.1 Å². The predicted molar refractivity (Wildman–Crippen MR) is 87.2 cm³/mol. The van der Waals surface area contributed by atoms with Crippen LogP contribution in [0.1, 0.15) is 12.0 Å². The van der Waals surface area contributed by atoms with Crippen LogP contribution in [0.3, 0.4) is 0 Å². The molecule has 1 aromatic carbocycles. The summed E-state index contributed by atoms with van der Waals surface area (Å²) in [7, 11) is 2.02. The number of hydrogen-bond acceptors (Lipinski definition) is 5. The predicted octanol–water partition coefficient (Wildman–Crippen LogP) is 2.72. The van der Waals surface area contributed by atoms with E-state index in [9.17, 15) is 0 Å². The molecule has 112 valence electrons. The van der Waals surface area contributed by atoms with Crippen LogP contribution in [0, 0.1) is 11.3 Å². The molecule has 0 saturated carbocycles. The number of likely N-dealkylation sites (N-methyl/N-ethyl adjacent to an activating group) is 1. The Morgan fingerprint density at radius 3 is 2.82 bits per heavy atom. The number of halogens is 1. The zero-order valence-corrected chi connectivity index (χ0v) is 13.0. The van der Waals surface area contributed by atoms with Gasteiger partial charge in [-0.25, -0.2) is 9.97 Å². The molecule has 3 rings (SSSR count). The number of nitrogens with zero attached hydrogens (tertiary/aromatic N) is 5. The normalized spacial score (nSPS) is 17.3. The Bertz CT molecular complexity index is 697. The van der Waals surface area contributed by atoms with Crippen molar-refractivity contribution in [2.75, 3.05) is 29.9 Å². The number of hydrogen-bond donors (Lipinski definition) is 0. The lowest BCUT2D eigenvalue weighted by atomic mass is 10.2. The van der Waals surface area contributed by atoms with Crippen LogP contribution in [0.15, 0.2) is 36.7 Å². The Labute approximate surface area is 134 Å². The summed E-state index contributed by atoms with van der Waals surface area (Å²) in [5.41, 5.74) is 1.56. The second-order valence-corrected chi connectivity index (χ2v) is 5.73. The van der Waals surface area contributed by atoms with Crippen molar-refractivity contribution in [3.8, 4) is 6.07 Å². The number of nitriles is 1. The molecule has 0 aliphatic carbocycles.